The van der Waals surface area contributed by atoms with Crippen molar-refractivity contribution in [2.24, 2.45) is 0 Å². The van der Waals surface area contributed by atoms with E-state index in [2.05, 4.69) is 22.6 Å². The molecule has 2 atom stereocenters. The number of morpholine rings is 1. The second-order valence-electron chi connectivity index (χ2n) is 4.53. The van der Waals surface area contributed by atoms with Gasteiger partial charge in [0.15, 0.2) is 0 Å². The summed E-state index contributed by atoms with van der Waals surface area (Å²) in [6.45, 7) is 2.13. The van der Waals surface area contributed by atoms with E-state index >= 15 is 0 Å². The minimum absolute atomic E-state index is 0.178. The van der Waals surface area contributed by atoms with Gasteiger partial charge in [-0.3, -0.25) is 0 Å². The number of aliphatic hydroxyl groups is 1. The standard InChI is InChI=1S/C12H16INO4S/c1-9-6-14(7-11(8-15)18-9)19(16,17)12-4-2-10(13)3-5-12/h2-5,9,11,15H,6-8H2,1H3. The molecule has 1 aromatic rings. The Morgan fingerprint density at radius 1 is 1.37 bits per heavy atom. The first-order valence-corrected chi connectivity index (χ1v) is 8.47. The highest BCUT2D eigenvalue weighted by Gasteiger charge is 2.33. The Labute approximate surface area is 126 Å². The SMILES string of the molecule is CC1CN(S(=O)(=O)c2ccc(I)cc2)CC(CO)O1. The predicted octanol–water partition coefficient (Wildman–Crippen LogP) is 1.06. The van der Waals surface area contributed by atoms with Gasteiger partial charge in [-0.2, -0.15) is 4.31 Å². The van der Waals surface area contributed by atoms with Crippen LogP contribution in [0.15, 0.2) is 29.2 Å². The Kier molecular flexibility index (Phi) is 4.83. The minimum Gasteiger partial charge on any atom is -0.394 e. The van der Waals surface area contributed by atoms with E-state index in [1.807, 2.05) is 0 Å². The number of ether oxygens (including phenoxy) is 1. The molecule has 0 amide bonds. The number of benzene rings is 1. The molecule has 0 aliphatic carbocycles. The quantitative estimate of drug-likeness (QED) is 0.775. The van der Waals surface area contributed by atoms with E-state index in [0.29, 0.717) is 6.54 Å². The van der Waals surface area contributed by atoms with Crippen LogP contribution in [0.3, 0.4) is 0 Å². The molecule has 1 fully saturated rings. The van der Waals surface area contributed by atoms with Crippen LogP contribution in [0.25, 0.3) is 0 Å². The largest absolute Gasteiger partial charge is 0.394 e. The molecular weight excluding hydrogens is 381 g/mol. The third-order valence-corrected chi connectivity index (χ3v) is 5.51. The minimum atomic E-state index is -3.52. The normalized spacial score (nSPS) is 25.4. The van der Waals surface area contributed by atoms with Gasteiger partial charge in [0.1, 0.15) is 0 Å². The van der Waals surface area contributed by atoms with Gasteiger partial charge in [-0.15, -0.1) is 0 Å². The van der Waals surface area contributed by atoms with Crippen molar-refractivity contribution < 1.29 is 18.3 Å². The average molecular weight is 397 g/mol. The van der Waals surface area contributed by atoms with Gasteiger partial charge in [0.2, 0.25) is 10.0 Å². The van der Waals surface area contributed by atoms with Crippen molar-refractivity contribution in [3.05, 3.63) is 27.8 Å². The summed E-state index contributed by atoms with van der Waals surface area (Å²) >= 11 is 2.13. The predicted molar refractivity (Wildman–Crippen MR) is 79.3 cm³/mol. The van der Waals surface area contributed by atoms with E-state index in [4.69, 9.17) is 9.84 Å². The first-order chi connectivity index (χ1) is 8.93. The van der Waals surface area contributed by atoms with E-state index in [0.717, 1.165) is 3.57 Å². The number of rotatable bonds is 3. The summed E-state index contributed by atoms with van der Waals surface area (Å²) in [4.78, 5) is 0.277. The average Bonchev–Trinajstić information content (AvgIpc) is 2.38. The van der Waals surface area contributed by atoms with Gasteiger partial charge in [-0.25, -0.2) is 8.42 Å². The molecule has 106 valence electrons. The van der Waals surface area contributed by atoms with Crippen LogP contribution in [0.5, 0.6) is 0 Å². The van der Waals surface area contributed by atoms with Crippen LogP contribution in [-0.2, 0) is 14.8 Å². The molecule has 0 spiro atoms. The number of hydrogen-bond acceptors (Lipinski definition) is 4. The lowest BCUT2D eigenvalue weighted by molar-refractivity contribution is -0.0750. The summed E-state index contributed by atoms with van der Waals surface area (Å²) in [5.41, 5.74) is 0. The van der Waals surface area contributed by atoms with Gasteiger partial charge in [-0.05, 0) is 53.8 Å². The molecular formula is C12H16INO4S. The molecule has 0 radical (unpaired) electrons. The van der Waals surface area contributed by atoms with Crippen molar-refractivity contribution in [1.29, 1.82) is 0 Å². The number of aliphatic hydroxyl groups excluding tert-OH is 1. The van der Waals surface area contributed by atoms with E-state index in [-0.39, 0.29) is 24.2 Å². The lowest BCUT2D eigenvalue weighted by atomic mass is 10.2. The lowest BCUT2D eigenvalue weighted by Crippen LogP contribution is -2.50. The van der Waals surface area contributed by atoms with Crippen molar-refractivity contribution in [1.82, 2.24) is 4.31 Å². The molecule has 2 rings (SSSR count). The Bertz CT molecular complexity index is 531. The highest BCUT2D eigenvalue weighted by Crippen LogP contribution is 2.21. The fourth-order valence-corrected chi connectivity index (χ4v) is 3.96. The van der Waals surface area contributed by atoms with E-state index in [9.17, 15) is 8.42 Å². The summed E-state index contributed by atoms with van der Waals surface area (Å²) in [5.74, 6) is 0. The molecule has 1 N–H and O–H groups in total. The van der Waals surface area contributed by atoms with E-state index in [1.165, 1.54) is 4.31 Å². The maximum atomic E-state index is 12.5. The molecule has 0 saturated carbocycles. The number of nitrogens with zero attached hydrogens (tertiary/aromatic N) is 1. The van der Waals surface area contributed by atoms with Gasteiger partial charge in [0.25, 0.3) is 0 Å². The summed E-state index contributed by atoms with van der Waals surface area (Å²) < 4.78 is 32.8. The Hall–Kier alpha value is -0.220. The van der Waals surface area contributed by atoms with Gasteiger partial charge in [-0.1, -0.05) is 0 Å². The molecule has 1 aromatic carbocycles. The third kappa shape index (κ3) is 3.46. The van der Waals surface area contributed by atoms with Crippen LogP contribution in [0.1, 0.15) is 6.92 Å². The highest BCUT2D eigenvalue weighted by atomic mass is 127. The summed E-state index contributed by atoms with van der Waals surface area (Å²) in [5, 5.41) is 9.15. The Balaban J connectivity index is 2.26. The van der Waals surface area contributed by atoms with Gasteiger partial charge < -0.3 is 9.84 Å². The second-order valence-corrected chi connectivity index (χ2v) is 7.71. The molecule has 5 nitrogen and oxygen atoms in total. The smallest absolute Gasteiger partial charge is 0.243 e. The van der Waals surface area contributed by atoms with Crippen molar-refractivity contribution in [2.45, 2.75) is 24.0 Å². The monoisotopic (exact) mass is 397 g/mol. The number of halogens is 1. The molecule has 0 bridgehead atoms. The molecule has 1 heterocycles. The van der Waals surface area contributed by atoms with E-state index in [1.54, 1.807) is 31.2 Å². The van der Waals surface area contributed by atoms with Crippen molar-refractivity contribution in [3.63, 3.8) is 0 Å². The fraction of sp³-hybridized carbons (Fsp3) is 0.500. The van der Waals surface area contributed by atoms with E-state index < -0.39 is 16.1 Å². The molecule has 2 unspecified atom stereocenters. The second kappa shape index (κ2) is 6.04. The van der Waals surface area contributed by atoms with Crippen molar-refractivity contribution in [3.8, 4) is 0 Å². The molecule has 1 saturated heterocycles. The lowest BCUT2D eigenvalue weighted by Gasteiger charge is -2.35. The van der Waals surface area contributed by atoms with Crippen LogP contribution < -0.4 is 0 Å². The van der Waals surface area contributed by atoms with Crippen LogP contribution in [0.4, 0.5) is 0 Å². The molecule has 19 heavy (non-hydrogen) atoms. The van der Waals surface area contributed by atoms with Crippen LogP contribution in [0, 0.1) is 3.57 Å². The summed E-state index contributed by atoms with van der Waals surface area (Å²) in [7, 11) is -3.52. The fourth-order valence-electron chi connectivity index (χ4n) is 2.06. The zero-order chi connectivity index (χ0) is 14.0. The topological polar surface area (TPSA) is 66.8 Å². The number of sulfonamides is 1. The molecule has 1 aliphatic heterocycles. The Morgan fingerprint density at radius 2 is 2.00 bits per heavy atom. The summed E-state index contributed by atoms with van der Waals surface area (Å²) in [6, 6.07) is 6.73. The third-order valence-electron chi connectivity index (χ3n) is 2.95. The molecule has 1 aliphatic rings. The maximum Gasteiger partial charge on any atom is 0.243 e. The molecule has 0 aromatic heterocycles. The molecule has 7 heteroatoms. The highest BCUT2D eigenvalue weighted by molar-refractivity contribution is 14.1. The Morgan fingerprint density at radius 3 is 2.58 bits per heavy atom. The zero-order valence-electron chi connectivity index (χ0n) is 10.5. The summed E-state index contributed by atoms with van der Waals surface area (Å²) in [6.07, 6.45) is -0.674. The van der Waals surface area contributed by atoms with Gasteiger partial charge >= 0.3 is 0 Å². The van der Waals surface area contributed by atoms with Crippen LogP contribution in [-0.4, -0.2) is 49.7 Å². The first-order valence-electron chi connectivity index (χ1n) is 5.95. The van der Waals surface area contributed by atoms with Crippen molar-refractivity contribution >= 4 is 32.6 Å². The van der Waals surface area contributed by atoms with Crippen molar-refractivity contribution in [2.75, 3.05) is 19.7 Å². The van der Waals surface area contributed by atoms with Crippen LogP contribution >= 0.6 is 22.6 Å². The maximum absolute atomic E-state index is 12.5. The zero-order valence-corrected chi connectivity index (χ0v) is 13.5. The van der Waals surface area contributed by atoms with Gasteiger partial charge in [0.05, 0.1) is 23.7 Å². The van der Waals surface area contributed by atoms with Crippen LogP contribution in [0.2, 0.25) is 0 Å². The van der Waals surface area contributed by atoms with Gasteiger partial charge in [0, 0.05) is 16.7 Å². The first kappa shape index (κ1) is 15.2. The number of hydrogen-bond donors (Lipinski definition) is 1.